The SMILES string of the molecule is CC(=O)CNC(=O)C(CN)NC(=O)[C@H](CCC(=O)O)NC(=O)CNC(=O)[C@H](CN)NC(=O)CCCNC(=O)CCC(NC(=O)CCCCCCCCCCCCCCCCC(=O)O)C(N)=O. The van der Waals surface area contributed by atoms with Gasteiger partial charge in [0, 0.05) is 51.7 Å². The minimum Gasteiger partial charge on any atom is -0.481 e. The van der Waals surface area contributed by atoms with Gasteiger partial charge in [-0.1, -0.05) is 77.0 Å². The molecule has 0 aliphatic carbocycles. The lowest BCUT2D eigenvalue weighted by Crippen LogP contribution is -2.57. The summed E-state index contributed by atoms with van der Waals surface area (Å²) in [4.78, 5) is 133. The van der Waals surface area contributed by atoms with E-state index in [1.165, 1.54) is 39.0 Å². The van der Waals surface area contributed by atoms with Gasteiger partial charge in [0.15, 0.2) is 0 Å². The fourth-order valence-electron chi connectivity index (χ4n) is 6.48. The second-order valence-corrected chi connectivity index (χ2v) is 16.2. The monoisotopic (exact) mass is 941 g/mol. The predicted octanol–water partition coefficient (Wildman–Crippen LogP) is -0.983. The van der Waals surface area contributed by atoms with Gasteiger partial charge in [-0.25, -0.2) is 0 Å². The highest BCUT2D eigenvalue weighted by atomic mass is 16.4. The van der Waals surface area contributed by atoms with E-state index in [1.54, 1.807) is 0 Å². The Morgan fingerprint density at radius 1 is 0.409 bits per heavy atom. The smallest absolute Gasteiger partial charge is 0.303 e. The topological polar surface area (TPSA) is 390 Å². The van der Waals surface area contributed by atoms with Crippen molar-refractivity contribution in [1.82, 2.24) is 37.2 Å². The minimum atomic E-state index is -1.45. The van der Waals surface area contributed by atoms with Gasteiger partial charge in [0.05, 0.1) is 13.1 Å². The fourth-order valence-corrected chi connectivity index (χ4v) is 6.48. The number of nitrogens with one attached hydrogen (secondary N) is 7. The largest absolute Gasteiger partial charge is 0.481 e. The van der Waals surface area contributed by atoms with Crippen molar-refractivity contribution < 1.29 is 63.0 Å². The molecule has 0 saturated heterocycles. The maximum atomic E-state index is 12.9. The normalized spacial score (nSPS) is 12.6. The van der Waals surface area contributed by atoms with Gasteiger partial charge in [-0.3, -0.25) is 52.7 Å². The average Bonchev–Trinajstić information content (AvgIpc) is 3.26. The average molecular weight is 941 g/mol. The lowest BCUT2D eigenvalue weighted by molar-refractivity contribution is -0.138. The van der Waals surface area contributed by atoms with Crippen molar-refractivity contribution >= 4 is 65.0 Å². The van der Waals surface area contributed by atoms with Crippen molar-refractivity contribution in [2.45, 2.75) is 172 Å². The molecule has 0 bridgehead atoms. The van der Waals surface area contributed by atoms with Crippen LogP contribution in [0.2, 0.25) is 0 Å². The van der Waals surface area contributed by atoms with Crippen LogP contribution in [0.3, 0.4) is 0 Å². The molecule has 0 aliphatic rings. The standard InChI is InChI=1S/C43H76N10O13/c1-29(54)27-48-42(65)33(26-45)53-43(66)31(21-23-39(61)62)51-37(58)28-49-41(64)32(25-44)52-36(57)18-16-24-47-34(55)22-20-30(40(46)63)50-35(56)17-14-12-10-8-6-4-2-3-5-7-9-11-13-15-19-38(59)60/h30-33H,2-28,44-45H2,1H3,(H2,46,63)(H,47,55)(H,48,65)(H,49,64)(H,50,56)(H,51,58)(H,52,57)(H,53,66)(H,59,60)(H,61,62)/t30?,31-,32-,33?/m0/s1. The third kappa shape index (κ3) is 32.9. The summed E-state index contributed by atoms with van der Waals surface area (Å²) < 4.78 is 0. The number of unbranched alkanes of at least 4 members (excludes halogenated alkanes) is 13. The van der Waals surface area contributed by atoms with Crippen LogP contribution in [0.15, 0.2) is 0 Å². The van der Waals surface area contributed by atoms with Crippen LogP contribution in [-0.4, -0.2) is 132 Å². The number of ketones is 1. The molecular weight excluding hydrogens is 865 g/mol. The van der Waals surface area contributed by atoms with Gasteiger partial charge in [-0.15, -0.1) is 0 Å². The molecule has 0 spiro atoms. The molecule has 0 heterocycles. The first-order valence-electron chi connectivity index (χ1n) is 23.0. The van der Waals surface area contributed by atoms with Crippen molar-refractivity contribution in [3.05, 3.63) is 0 Å². The number of hydrogen-bond donors (Lipinski definition) is 12. The van der Waals surface area contributed by atoms with Gasteiger partial charge < -0.3 is 64.6 Å². The van der Waals surface area contributed by atoms with Gasteiger partial charge in [-0.05, 0) is 39.0 Å². The zero-order valence-electron chi connectivity index (χ0n) is 38.5. The van der Waals surface area contributed by atoms with Crippen molar-refractivity contribution in [1.29, 1.82) is 0 Å². The van der Waals surface area contributed by atoms with Crippen molar-refractivity contribution in [2.75, 3.05) is 32.7 Å². The Labute approximate surface area is 386 Å². The third-order valence-corrected chi connectivity index (χ3v) is 10.3. The fraction of sp³-hybridized carbons (Fsp3) is 0.744. The molecule has 0 radical (unpaired) electrons. The van der Waals surface area contributed by atoms with Crippen LogP contribution in [0.4, 0.5) is 0 Å². The van der Waals surface area contributed by atoms with E-state index in [0.717, 1.165) is 51.4 Å². The Hall–Kier alpha value is -5.71. The van der Waals surface area contributed by atoms with Crippen LogP contribution in [0, 0.1) is 0 Å². The third-order valence-electron chi connectivity index (χ3n) is 10.3. The Morgan fingerprint density at radius 2 is 0.818 bits per heavy atom. The number of primary amides is 1. The maximum absolute atomic E-state index is 12.9. The summed E-state index contributed by atoms with van der Waals surface area (Å²) in [5, 5.41) is 34.5. The van der Waals surface area contributed by atoms with E-state index in [-0.39, 0.29) is 82.8 Å². The van der Waals surface area contributed by atoms with E-state index < -0.39 is 90.4 Å². The molecule has 0 aromatic heterocycles. The molecule has 0 aliphatic heterocycles. The van der Waals surface area contributed by atoms with Crippen molar-refractivity contribution in [3.63, 3.8) is 0 Å². The molecule has 2 unspecified atom stereocenters. The number of hydrogen-bond acceptors (Lipinski definition) is 13. The van der Waals surface area contributed by atoms with E-state index in [1.807, 2.05) is 0 Å². The molecule has 8 amide bonds. The van der Waals surface area contributed by atoms with Crippen LogP contribution in [0.1, 0.15) is 148 Å². The van der Waals surface area contributed by atoms with Crippen molar-refractivity contribution in [2.24, 2.45) is 17.2 Å². The number of aliphatic carboxylic acids is 2. The molecule has 0 saturated carbocycles. The molecule has 0 rings (SSSR count). The van der Waals surface area contributed by atoms with Crippen LogP contribution >= 0.6 is 0 Å². The number of carboxylic acids is 2. The van der Waals surface area contributed by atoms with E-state index >= 15 is 0 Å². The number of rotatable bonds is 41. The number of nitrogens with two attached hydrogens (primary N) is 3. The van der Waals surface area contributed by atoms with Crippen LogP contribution in [0.5, 0.6) is 0 Å². The summed E-state index contributed by atoms with van der Waals surface area (Å²) in [5.74, 6) is -7.94. The van der Waals surface area contributed by atoms with Gasteiger partial charge in [0.2, 0.25) is 47.3 Å². The Balaban J connectivity index is 4.45. The second kappa shape index (κ2) is 37.5. The molecule has 15 N–H and O–H groups in total. The molecule has 23 heteroatoms. The molecule has 0 aromatic rings. The summed E-state index contributed by atoms with van der Waals surface area (Å²) >= 11 is 0. The summed E-state index contributed by atoms with van der Waals surface area (Å²) in [5.41, 5.74) is 16.7. The predicted molar refractivity (Wildman–Crippen MR) is 242 cm³/mol. The van der Waals surface area contributed by atoms with E-state index in [9.17, 15) is 52.7 Å². The van der Waals surface area contributed by atoms with E-state index in [4.69, 9.17) is 27.4 Å². The highest BCUT2D eigenvalue weighted by molar-refractivity contribution is 5.95. The summed E-state index contributed by atoms with van der Waals surface area (Å²) in [6, 6.07) is -5.03. The number of Topliss-reactive ketones (excluding diaryl/α,β-unsaturated/α-hetero) is 1. The zero-order valence-corrected chi connectivity index (χ0v) is 38.5. The number of carboxylic acid groups (broad SMARTS) is 2. The van der Waals surface area contributed by atoms with Gasteiger partial charge in [0.1, 0.15) is 30.0 Å². The molecule has 4 atom stereocenters. The first kappa shape index (κ1) is 60.3. The Morgan fingerprint density at radius 3 is 1.29 bits per heavy atom. The summed E-state index contributed by atoms with van der Waals surface area (Å²) in [6.07, 6.45) is 14.2. The van der Waals surface area contributed by atoms with Crippen LogP contribution < -0.4 is 54.4 Å². The van der Waals surface area contributed by atoms with Gasteiger partial charge in [-0.2, -0.15) is 0 Å². The maximum Gasteiger partial charge on any atom is 0.303 e. The number of carbonyl (C=O) groups excluding carboxylic acids is 9. The van der Waals surface area contributed by atoms with Gasteiger partial charge in [0.25, 0.3) is 0 Å². The molecule has 66 heavy (non-hydrogen) atoms. The number of carbonyl (C=O) groups is 11. The number of amides is 8. The molecule has 376 valence electrons. The molecule has 0 aromatic carbocycles. The first-order valence-corrected chi connectivity index (χ1v) is 23.0. The minimum absolute atomic E-state index is 0.0155. The Bertz CT molecular complexity index is 1570. The lowest BCUT2D eigenvalue weighted by atomic mass is 10.0. The second-order valence-electron chi connectivity index (χ2n) is 16.2. The quantitative estimate of drug-likeness (QED) is 0.0328. The molecular formula is C43H76N10O13. The van der Waals surface area contributed by atoms with E-state index in [2.05, 4.69) is 37.2 Å². The molecule has 23 nitrogen and oxygen atoms in total. The highest BCUT2D eigenvalue weighted by Gasteiger charge is 2.28. The van der Waals surface area contributed by atoms with Crippen LogP contribution in [-0.2, 0) is 52.7 Å². The lowest BCUT2D eigenvalue weighted by Gasteiger charge is -2.22. The zero-order chi connectivity index (χ0) is 49.7. The Kier molecular flexibility index (Phi) is 34.3. The van der Waals surface area contributed by atoms with Crippen LogP contribution in [0.25, 0.3) is 0 Å². The van der Waals surface area contributed by atoms with Crippen molar-refractivity contribution in [3.8, 4) is 0 Å². The van der Waals surface area contributed by atoms with Gasteiger partial charge >= 0.3 is 11.9 Å². The molecule has 0 fully saturated rings. The summed E-state index contributed by atoms with van der Waals surface area (Å²) in [7, 11) is 0. The van der Waals surface area contributed by atoms with E-state index in [0.29, 0.717) is 6.42 Å². The highest BCUT2D eigenvalue weighted by Crippen LogP contribution is 2.14. The first-order chi connectivity index (χ1) is 31.4. The summed E-state index contributed by atoms with van der Waals surface area (Å²) in [6.45, 7) is -0.432.